The van der Waals surface area contributed by atoms with Crippen molar-refractivity contribution < 1.29 is 14.7 Å². The lowest BCUT2D eigenvalue weighted by atomic mass is 10.1. The summed E-state index contributed by atoms with van der Waals surface area (Å²) in [5.41, 5.74) is 7.22. The maximum Gasteiger partial charge on any atom is 0.307 e. The van der Waals surface area contributed by atoms with E-state index in [-0.39, 0.29) is 18.2 Å². The van der Waals surface area contributed by atoms with Crippen LogP contribution < -0.4 is 5.73 Å². The predicted molar refractivity (Wildman–Crippen MR) is 70.4 cm³/mol. The summed E-state index contributed by atoms with van der Waals surface area (Å²) in [5, 5.41) is 8.70. The summed E-state index contributed by atoms with van der Waals surface area (Å²) in [7, 11) is 0. The number of carbonyl (C=O) groups excluding carboxylic acids is 1. The molecule has 1 aromatic rings. The Morgan fingerprint density at radius 3 is 2.42 bits per heavy atom. The summed E-state index contributed by atoms with van der Waals surface area (Å²) in [6, 6.07) is 7.56. The van der Waals surface area contributed by atoms with Gasteiger partial charge in [-0.15, -0.1) is 0 Å². The van der Waals surface area contributed by atoms with E-state index in [1.807, 2.05) is 24.3 Å². The average Bonchev–Trinajstić information content (AvgIpc) is 2.80. The molecule has 0 aromatic heterocycles. The van der Waals surface area contributed by atoms with Crippen molar-refractivity contribution in [2.45, 2.75) is 19.4 Å². The molecule has 0 radical (unpaired) electrons. The van der Waals surface area contributed by atoms with Gasteiger partial charge in [0, 0.05) is 13.1 Å². The number of amides is 1. The van der Waals surface area contributed by atoms with E-state index in [4.69, 9.17) is 10.8 Å². The van der Waals surface area contributed by atoms with Crippen LogP contribution in [-0.2, 0) is 22.6 Å². The van der Waals surface area contributed by atoms with Crippen LogP contribution in [0.5, 0.6) is 0 Å². The number of carboxylic acid groups (broad SMARTS) is 1. The molecule has 0 aliphatic carbocycles. The van der Waals surface area contributed by atoms with Gasteiger partial charge < -0.3 is 10.8 Å². The minimum Gasteiger partial charge on any atom is -0.481 e. The molecule has 5 nitrogen and oxygen atoms in total. The zero-order chi connectivity index (χ0) is 13.8. The zero-order valence-corrected chi connectivity index (χ0v) is 10.7. The van der Waals surface area contributed by atoms with Crippen molar-refractivity contribution in [2.24, 2.45) is 11.7 Å². The van der Waals surface area contributed by atoms with Crippen molar-refractivity contribution in [1.82, 2.24) is 4.90 Å². The van der Waals surface area contributed by atoms with Crippen molar-refractivity contribution in [3.8, 4) is 0 Å². The van der Waals surface area contributed by atoms with Crippen molar-refractivity contribution in [3.63, 3.8) is 0 Å². The summed E-state index contributed by atoms with van der Waals surface area (Å²) in [4.78, 5) is 23.9. The number of nitrogens with zero attached hydrogens (tertiary/aromatic N) is 1. The number of aliphatic carboxylic acids is 1. The van der Waals surface area contributed by atoms with Crippen LogP contribution >= 0.6 is 0 Å². The fraction of sp³-hybridized carbons (Fsp3) is 0.429. The van der Waals surface area contributed by atoms with Crippen molar-refractivity contribution in [3.05, 3.63) is 35.4 Å². The van der Waals surface area contributed by atoms with Gasteiger partial charge in [0.2, 0.25) is 5.91 Å². The molecule has 0 spiro atoms. The van der Waals surface area contributed by atoms with Gasteiger partial charge in [-0.05, 0) is 24.1 Å². The highest BCUT2D eigenvalue weighted by Gasteiger charge is 2.26. The smallest absolute Gasteiger partial charge is 0.307 e. The predicted octanol–water partition coefficient (Wildman–Crippen LogP) is 0.621. The Kier molecular flexibility index (Phi) is 4.16. The van der Waals surface area contributed by atoms with E-state index in [1.165, 1.54) is 0 Å². The first-order valence-corrected chi connectivity index (χ1v) is 6.36. The molecule has 1 heterocycles. The molecule has 1 saturated heterocycles. The van der Waals surface area contributed by atoms with E-state index in [0.717, 1.165) is 30.6 Å². The van der Waals surface area contributed by atoms with Crippen LogP contribution in [0.15, 0.2) is 24.3 Å². The first kappa shape index (κ1) is 13.5. The normalized spacial score (nSPS) is 19.5. The van der Waals surface area contributed by atoms with Crippen molar-refractivity contribution in [1.29, 1.82) is 0 Å². The average molecular weight is 262 g/mol. The summed E-state index contributed by atoms with van der Waals surface area (Å²) in [6.45, 7) is 2.37. The third-order valence-electron chi connectivity index (χ3n) is 3.46. The molecule has 1 aliphatic rings. The van der Waals surface area contributed by atoms with E-state index < -0.39 is 5.97 Å². The van der Waals surface area contributed by atoms with E-state index in [0.29, 0.717) is 6.54 Å². The molecule has 19 heavy (non-hydrogen) atoms. The van der Waals surface area contributed by atoms with Gasteiger partial charge >= 0.3 is 5.97 Å². The highest BCUT2D eigenvalue weighted by molar-refractivity contribution is 5.77. The van der Waals surface area contributed by atoms with E-state index >= 15 is 0 Å². The maximum absolute atomic E-state index is 11.1. The van der Waals surface area contributed by atoms with Crippen LogP contribution in [0.3, 0.4) is 0 Å². The molecule has 0 saturated carbocycles. The molecular formula is C14H18N2O3. The second-order valence-electron chi connectivity index (χ2n) is 5.01. The number of benzene rings is 1. The topological polar surface area (TPSA) is 83.6 Å². The first-order chi connectivity index (χ1) is 9.04. The van der Waals surface area contributed by atoms with Gasteiger partial charge in [-0.3, -0.25) is 14.5 Å². The third-order valence-corrected chi connectivity index (χ3v) is 3.46. The molecule has 2 rings (SSSR count). The van der Waals surface area contributed by atoms with Crippen LogP contribution in [0.1, 0.15) is 17.5 Å². The number of primary amides is 1. The molecular weight excluding hydrogens is 244 g/mol. The molecule has 1 atom stereocenters. The Balaban J connectivity index is 1.90. The Hall–Kier alpha value is -1.88. The fourth-order valence-corrected chi connectivity index (χ4v) is 2.40. The highest BCUT2D eigenvalue weighted by atomic mass is 16.4. The van der Waals surface area contributed by atoms with Gasteiger partial charge in [0.25, 0.3) is 0 Å². The van der Waals surface area contributed by atoms with Gasteiger partial charge in [-0.1, -0.05) is 24.3 Å². The van der Waals surface area contributed by atoms with E-state index in [2.05, 4.69) is 4.90 Å². The minimum absolute atomic E-state index is 0.0358. The number of nitrogens with two attached hydrogens (primary N) is 1. The Morgan fingerprint density at radius 2 is 1.89 bits per heavy atom. The second kappa shape index (κ2) is 5.84. The quantitative estimate of drug-likeness (QED) is 0.815. The van der Waals surface area contributed by atoms with Crippen LogP contribution in [0, 0.1) is 5.92 Å². The number of carbonyl (C=O) groups is 2. The van der Waals surface area contributed by atoms with Gasteiger partial charge in [-0.2, -0.15) is 0 Å². The monoisotopic (exact) mass is 262 g/mol. The van der Waals surface area contributed by atoms with Gasteiger partial charge in [0.05, 0.1) is 12.3 Å². The molecule has 5 heteroatoms. The van der Waals surface area contributed by atoms with Crippen LogP contribution in [0.25, 0.3) is 0 Å². The molecule has 1 unspecified atom stereocenters. The summed E-state index contributed by atoms with van der Waals surface area (Å²) in [6.07, 6.45) is 0.875. The SMILES string of the molecule is NC(=O)C1CCN(Cc2ccc(CC(=O)O)cc2)C1. The number of hydrogen-bond donors (Lipinski definition) is 2. The molecule has 1 aromatic carbocycles. The van der Waals surface area contributed by atoms with Gasteiger partial charge in [0.1, 0.15) is 0 Å². The highest BCUT2D eigenvalue weighted by Crippen LogP contribution is 2.18. The molecule has 0 bridgehead atoms. The van der Waals surface area contributed by atoms with E-state index in [9.17, 15) is 9.59 Å². The Bertz CT molecular complexity index is 470. The number of hydrogen-bond acceptors (Lipinski definition) is 3. The number of rotatable bonds is 5. The standard InChI is InChI=1S/C14H18N2O3/c15-14(19)12-5-6-16(9-12)8-11-3-1-10(2-4-11)7-13(17)18/h1-4,12H,5-9H2,(H2,15,19)(H,17,18). The van der Waals surface area contributed by atoms with Crippen LogP contribution in [0.2, 0.25) is 0 Å². The third kappa shape index (κ3) is 3.79. The lowest BCUT2D eigenvalue weighted by Crippen LogP contribution is -2.27. The van der Waals surface area contributed by atoms with Crippen molar-refractivity contribution >= 4 is 11.9 Å². The van der Waals surface area contributed by atoms with E-state index in [1.54, 1.807) is 0 Å². The number of carboxylic acids is 1. The molecule has 1 fully saturated rings. The van der Waals surface area contributed by atoms with Crippen molar-refractivity contribution in [2.75, 3.05) is 13.1 Å². The first-order valence-electron chi connectivity index (χ1n) is 6.36. The fourth-order valence-electron chi connectivity index (χ4n) is 2.40. The molecule has 1 aliphatic heterocycles. The van der Waals surface area contributed by atoms with Gasteiger partial charge in [0.15, 0.2) is 0 Å². The second-order valence-corrected chi connectivity index (χ2v) is 5.01. The molecule has 1 amide bonds. The Labute approximate surface area is 112 Å². The maximum atomic E-state index is 11.1. The number of likely N-dealkylation sites (tertiary alicyclic amines) is 1. The molecule has 3 N–H and O–H groups in total. The molecule has 102 valence electrons. The minimum atomic E-state index is -0.823. The largest absolute Gasteiger partial charge is 0.481 e. The summed E-state index contributed by atoms with van der Waals surface area (Å²) >= 11 is 0. The lowest BCUT2D eigenvalue weighted by Gasteiger charge is -2.15. The van der Waals surface area contributed by atoms with Crippen LogP contribution in [-0.4, -0.2) is 35.0 Å². The van der Waals surface area contributed by atoms with Gasteiger partial charge in [-0.25, -0.2) is 0 Å². The summed E-state index contributed by atoms with van der Waals surface area (Å²) < 4.78 is 0. The lowest BCUT2D eigenvalue weighted by molar-refractivity contribution is -0.136. The Morgan fingerprint density at radius 1 is 1.26 bits per heavy atom. The summed E-state index contributed by atoms with van der Waals surface area (Å²) in [5.74, 6) is -1.08. The van der Waals surface area contributed by atoms with Crippen LogP contribution in [0.4, 0.5) is 0 Å². The zero-order valence-electron chi connectivity index (χ0n) is 10.7.